The van der Waals surface area contributed by atoms with Crippen LogP contribution in [0.4, 0.5) is 0 Å². The van der Waals surface area contributed by atoms with Crippen LogP contribution in [-0.2, 0) is 0 Å². The van der Waals surface area contributed by atoms with Gasteiger partial charge in [-0.25, -0.2) is 5.01 Å². The average Bonchev–Trinajstić information content (AvgIpc) is 1.68. The fourth-order valence-electron chi connectivity index (χ4n) is 0.247. The highest BCUT2D eigenvalue weighted by atomic mass is 15.5. The molecule has 0 amide bonds. The molecule has 0 atom stereocenters. The summed E-state index contributed by atoms with van der Waals surface area (Å²) in [6, 6.07) is 0. The quantitative estimate of drug-likeness (QED) is 0.522. The minimum atomic E-state index is 0.992. The van der Waals surface area contributed by atoms with Gasteiger partial charge in [-0.1, -0.05) is 13.5 Å². The maximum absolute atomic E-state index is 3.50. The van der Waals surface area contributed by atoms with E-state index in [-0.39, 0.29) is 0 Å². The molecule has 0 aromatic carbocycles. The van der Waals surface area contributed by atoms with E-state index in [0.29, 0.717) is 0 Å². The Bertz CT molecular complexity index is 52.0. The zero-order chi connectivity index (χ0) is 5.70. The highest BCUT2D eigenvalue weighted by Gasteiger charge is 1.81. The molecule has 0 aromatic heterocycles. The van der Waals surface area contributed by atoms with Crippen LogP contribution < -0.4 is 5.43 Å². The summed E-state index contributed by atoms with van der Waals surface area (Å²) in [5, 5.41) is 1.94. The summed E-state index contributed by atoms with van der Waals surface area (Å²) in [6.07, 6.45) is 1.66. The summed E-state index contributed by atoms with van der Waals surface area (Å²) in [5.74, 6) is 0. The molecule has 42 valence electrons. The summed E-state index contributed by atoms with van der Waals surface area (Å²) < 4.78 is 0. The first-order valence-corrected chi connectivity index (χ1v) is 2.39. The van der Waals surface area contributed by atoms with Crippen LogP contribution in [-0.4, -0.2) is 18.6 Å². The van der Waals surface area contributed by atoms with Gasteiger partial charge >= 0.3 is 0 Å². The molecule has 0 saturated heterocycles. The maximum Gasteiger partial charge on any atom is 0.0147 e. The predicted molar refractivity (Wildman–Crippen MR) is 31.6 cm³/mol. The standard InChI is InChI=1S/C5H12N2/c1-4-6-7(3)5-2/h4,6H,1,5H2,2-3H3. The van der Waals surface area contributed by atoms with E-state index in [4.69, 9.17) is 0 Å². The minimum absolute atomic E-state index is 0.992. The molecule has 0 spiro atoms. The van der Waals surface area contributed by atoms with Gasteiger partial charge in [-0.3, -0.25) is 0 Å². The molecule has 1 N–H and O–H groups in total. The van der Waals surface area contributed by atoms with Crippen molar-refractivity contribution in [2.24, 2.45) is 0 Å². The number of rotatable bonds is 3. The molecule has 0 aliphatic carbocycles. The molecular weight excluding hydrogens is 88.1 g/mol. The average molecular weight is 100 g/mol. The number of nitrogens with one attached hydrogen (secondary N) is 1. The number of hydrogen-bond donors (Lipinski definition) is 1. The van der Waals surface area contributed by atoms with Crippen molar-refractivity contribution in [1.82, 2.24) is 10.4 Å². The van der Waals surface area contributed by atoms with Gasteiger partial charge < -0.3 is 5.43 Å². The molecule has 0 heterocycles. The second-order valence-corrected chi connectivity index (χ2v) is 1.35. The van der Waals surface area contributed by atoms with Gasteiger partial charge in [0.1, 0.15) is 0 Å². The Morgan fingerprint density at radius 3 is 2.57 bits per heavy atom. The Kier molecular flexibility index (Phi) is 3.42. The van der Waals surface area contributed by atoms with Gasteiger partial charge in [0, 0.05) is 19.8 Å². The Morgan fingerprint density at radius 2 is 2.43 bits per heavy atom. The largest absolute Gasteiger partial charge is 0.327 e. The van der Waals surface area contributed by atoms with Gasteiger partial charge in [0.2, 0.25) is 0 Å². The Balaban J connectivity index is 2.98. The molecule has 0 aliphatic rings. The molecule has 2 heteroatoms. The van der Waals surface area contributed by atoms with Gasteiger partial charge in [-0.15, -0.1) is 0 Å². The van der Waals surface area contributed by atoms with E-state index in [1.165, 1.54) is 0 Å². The molecule has 0 fully saturated rings. The van der Waals surface area contributed by atoms with Crippen molar-refractivity contribution in [2.45, 2.75) is 6.92 Å². The minimum Gasteiger partial charge on any atom is -0.327 e. The summed E-state index contributed by atoms with van der Waals surface area (Å²) in [7, 11) is 1.96. The maximum atomic E-state index is 3.50. The number of hydrazine groups is 1. The van der Waals surface area contributed by atoms with Crippen LogP contribution in [0.15, 0.2) is 12.8 Å². The number of nitrogens with zero attached hydrogens (tertiary/aromatic N) is 1. The van der Waals surface area contributed by atoms with Crippen LogP contribution in [0.2, 0.25) is 0 Å². The van der Waals surface area contributed by atoms with Crippen LogP contribution in [0.3, 0.4) is 0 Å². The Labute approximate surface area is 44.8 Å². The van der Waals surface area contributed by atoms with Gasteiger partial charge in [-0.2, -0.15) is 0 Å². The zero-order valence-electron chi connectivity index (χ0n) is 4.94. The van der Waals surface area contributed by atoms with Gasteiger partial charge in [0.15, 0.2) is 0 Å². The van der Waals surface area contributed by atoms with Crippen molar-refractivity contribution in [2.75, 3.05) is 13.6 Å². The van der Waals surface area contributed by atoms with Crippen LogP contribution in [0, 0.1) is 0 Å². The van der Waals surface area contributed by atoms with Crippen LogP contribution in [0.1, 0.15) is 6.92 Å². The Morgan fingerprint density at radius 1 is 1.86 bits per heavy atom. The lowest BCUT2D eigenvalue weighted by atomic mass is 10.7. The van der Waals surface area contributed by atoms with E-state index >= 15 is 0 Å². The predicted octanol–water partition coefficient (Wildman–Crippen LogP) is 0.586. The number of hydrogen-bond acceptors (Lipinski definition) is 2. The van der Waals surface area contributed by atoms with Crippen molar-refractivity contribution >= 4 is 0 Å². The second kappa shape index (κ2) is 3.68. The van der Waals surface area contributed by atoms with Crippen molar-refractivity contribution in [3.63, 3.8) is 0 Å². The lowest BCUT2D eigenvalue weighted by Crippen LogP contribution is -2.28. The topological polar surface area (TPSA) is 15.3 Å². The van der Waals surface area contributed by atoms with Crippen LogP contribution in [0.25, 0.3) is 0 Å². The van der Waals surface area contributed by atoms with E-state index < -0.39 is 0 Å². The summed E-state index contributed by atoms with van der Waals surface area (Å²) in [6.45, 7) is 6.55. The fraction of sp³-hybridized carbons (Fsp3) is 0.600. The molecule has 0 radical (unpaired) electrons. The monoisotopic (exact) mass is 100 g/mol. The van der Waals surface area contributed by atoms with E-state index in [2.05, 4.69) is 18.9 Å². The van der Waals surface area contributed by atoms with Gasteiger partial charge in [-0.05, 0) is 0 Å². The summed E-state index contributed by atoms with van der Waals surface area (Å²) in [4.78, 5) is 0. The first-order valence-electron chi connectivity index (χ1n) is 2.39. The molecular formula is C5H12N2. The van der Waals surface area contributed by atoms with Crippen molar-refractivity contribution < 1.29 is 0 Å². The van der Waals surface area contributed by atoms with Crippen LogP contribution >= 0.6 is 0 Å². The molecule has 0 aromatic rings. The normalized spacial score (nSPS) is 9.00. The van der Waals surface area contributed by atoms with E-state index in [1.54, 1.807) is 6.20 Å². The molecule has 7 heavy (non-hydrogen) atoms. The molecule has 0 bridgehead atoms. The third-order valence-corrected chi connectivity index (χ3v) is 0.786. The smallest absolute Gasteiger partial charge is 0.0147 e. The van der Waals surface area contributed by atoms with Crippen molar-refractivity contribution in [1.29, 1.82) is 0 Å². The van der Waals surface area contributed by atoms with Crippen LogP contribution in [0.5, 0.6) is 0 Å². The zero-order valence-corrected chi connectivity index (χ0v) is 4.94. The second-order valence-electron chi connectivity index (χ2n) is 1.35. The third-order valence-electron chi connectivity index (χ3n) is 0.786. The highest BCUT2D eigenvalue weighted by molar-refractivity contribution is 4.57. The summed E-state index contributed by atoms with van der Waals surface area (Å²) >= 11 is 0. The summed E-state index contributed by atoms with van der Waals surface area (Å²) in [5.41, 5.74) is 2.89. The van der Waals surface area contributed by atoms with E-state index in [1.807, 2.05) is 12.1 Å². The molecule has 0 unspecified atom stereocenters. The molecule has 0 aliphatic heterocycles. The SMILES string of the molecule is C=CNN(C)CC. The highest BCUT2D eigenvalue weighted by Crippen LogP contribution is 1.68. The first-order chi connectivity index (χ1) is 3.31. The lowest BCUT2D eigenvalue weighted by Gasteiger charge is -2.11. The Hall–Kier alpha value is -0.500. The molecule has 2 nitrogen and oxygen atoms in total. The fourth-order valence-corrected chi connectivity index (χ4v) is 0.247. The third kappa shape index (κ3) is 3.33. The van der Waals surface area contributed by atoms with E-state index in [0.717, 1.165) is 6.54 Å². The van der Waals surface area contributed by atoms with Gasteiger partial charge in [0.25, 0.3) is 0 Å². The first kappa shape index (κ1) is 6.50. The van der Waals surface area contributed by atoms with Crippen molar-refractivity contribution in [3.8, 4) is 0 Å². The van der Waals surface area contributed by atoms with Gasteiger partial charge in [0.05, 0.1) is 0 Å². The molecule has 0 saturated carbocycles. The lowest BCUT2D eigenvalue weighted by molar-refractivity contribution is 0.293. The van der Waals surface area contributed by atoms with Crippen molar-refractivity contribution in [3.05, 3.63) is 12.8 Å². The van der Waals surface area contributed by atoms with E-state index in [9.17, 15) is 0 Å². The molecule has 0 rings (SSSR count).